The highest BCUT2D eigenvalue weighted by Crippen LogP contribution is 2.53. The molecule has 3 heterocycles. The predicted octanol–water partition coefficient (Wildman–Crippen LogP) is 11.6. The molecule has 0 N–H and O–H groups in total. The van der Waals surface area contributed by atoms with Gasteiger partial charge in [0.25, 0.3) is 0 Å². The number of fused-ring (bicyclic) bond motifs is 7. The van der Waals surface area contributed by atoms with Crippen molar-refractivity contribution in [2.24, 2.45) is 0 Å². The van der Waals surface area contributed by atoms with Crippen LogP contribution < -0.4 is 0 Å². The number of hydrogen-bond acceptors (Lipinski definition) is 3. The summed E-state index contributed by atoms with van der Waals surface area (Å²) in [5, 5.41) is 7.13. The van der Waals surface area contributed by atoms with E-state index in [0.717, 1.165) is 55.5 Å². The third kappa shape index (κ3) is 3.43. The molecule has 0 atom stereocenters. The molecular formula is C44H25N3O. The van der Waals surface area contributed by atoms with Gasteiger partial charge in [-0.25, -0.2) is 9.97 Å². The van der Waals surface area contributed by atoms with Crippen LogP contribution >= 0.6 is 0 Å². The molecule has 48 heavy (non-hydrogen) atoms. The molecule has 3 aromatic heterocycles. The van der Waals surface area contributed by atoms with E-state index in [0.29, 0.717) is 5.95 Å². The Morgan fingerprint density at radius 3 is 1.88 bits per heavy atom. The molecule has 0 bridgehead atoms. The van der Waals surface area contributed by atoms with Crippen molar-refractivity contribution in [2.75, 3.05) is 0 Å². The van der Waals surface area contributed by atoms with Crippen molar-refractivity contribution in [3.05, 3.63) is 152 Å². The number of aromatic nitrogens is 3. The number of furan rings is 1. The van der Waals surface area contributed by atoms with E-state index in [1.165, 1.54) is 43.8 Å². The predicted molar refractivity (Wildman–Crippen MR) is 196 cm³/mol. The van der Waals surface area contributed by atoms with E-state index in [-0.39, 0.29) is 0 Å². The van der Waals surface area contributed by atoms with E-state index in [2.05, 4.69) is 138 Å². The summed E-state index contributed by atoms with van der Waals surface area (Å²) in [6.45, 7) is 0. The highest BCUT2D eigenvalue weighted by atomic mass is 16.3. The largest absolute Gasteiger partial charge is 0.456 e. The molecule has 0 radical (unpaired) electrons. The molecule has 0 amide bonds. The van der Waals surface area contributed by atoms with Gasteiger partial charge in [0.05, 0.1) is 22.4 Å². The smallest absolute Gasteiger partial charge is 0.235 e. The fourth-order valence-corrected chi connectivity index (χ4v) is 7.93. The molecule has 1 aliphatic rings. The molecule has 222 valence electrons. The fraction of sp³-hybridized carbons (Fsp3) is 0. The quantitative estimate of drug-likeness (QED) is 0.200. The molecule has 11 rings (SSSR count). The Kier molecular flexibility index (Phi) is 5.08. The molecular weight excluding hydrogens is 587 g/mol. The van der Waals surface area contributed by atoms with Crippen LogP contribution in [0.2, 0.25) is 0 Å². The Morgan fingerprint density at radius 2 is 1.10 bits per heavy atom. The lowest BCUT2D eigenvalue weighted by molar-refractivity contribution is 0.669. The first-order chi connectivity index (χ1) is 23.8. The number of rotatable bonds is 3. The standard InChI is InChI=1S/C44H25N3O/c1-3-12-26(13-4-1)33-24-34(27-14-5-2-6-15-27)46-44(45-33)47-35-23-22-28-16-11-20-30-29-17-7-8-18-31(29)41-40-32-19-9-10-21-37(32)48-38(40)25-36(47)43(41)42(35)39(28)30/h1-25H. The topological polar surface area (TPSA) is 43.9 Å². The summed E-state index contributed by atoms with van der Waals surface area (Å²) in [6.07, 6.45) is 0. The van der Waals surface area contributed by atoms with Crippen molar-refractivity contribution >= 4 is 54.5 Å². The molecule has 0 unspecified atom stereocenters. The van der Waals surface area contributed by atoms with E-state index in [1.807, 2.05) is 18.2 Å². The minimum atomic E-state index is 0.627. The van der Waals surface area contributed by atoms with Crippen molar-refractivity contribution in [2.45, 2.75) is 0 Å². The van der Waals surface area contributed by atoms with Crippen LogP contribution in [-0.2, 0) is 0 Å². The maximum Gasteiger partial charge on any atom is 0.235 e. The Morgan fingerprint density at radius 1 is 0.438 bits per heavy atom. The van der Waals surface area contributed by atoms with E-state index in [1.54, 1.807) is 0 Å². The first-order valence-electron chi connectivity index (χ1n) is 16.3. The van der Waals surface area contributed by atoms with Gasteiger partial charge in [0.2, 0.25) is 5.95 Å². The van der Waals surface area contributed by atoms with Crippen LogP contribution in [0.1, 0.15) is 0 Å². The van der Waals surface area contributed by atoms with Crippen LogP contribution in [-0.4, -0.2) is 14.5 Å². The Bertz CT molecular complexity index is 2880. The molecule has 4 heteroatoms. The normalized spacial score (nSPS) is 12.2. The lowest BCUT2D eigenvalue weighted by Gasteiger charge is -2.15. The minimum Gasteiger partial charge on any atom is -0.456 e. The van der Waals surface area contributed by atoms with Crippen molar-refractivity contribution in [3.8, 4) is 50.7 Å². The maximum atomic E-state index is 6.66. The molecule has 0 aliphatic heterocycles. The van der Waals surface area contributed by atoms with Crippen molar-refractivity contribution in [1.29, 1.82) is 0 Å². The van der Waals surface area contributed by atoms with E-state index in [4.69, 9.17) is 14.4 Å². The highest BCUT2D eigenvalue weighted by Gasteiger charge is 2.29. The molecule has 10 aromatic rings. The van der Waals surface area contributed by atoms with Crippen LogP contribution in [0.15, 0.2) is 156 Å². The van der Waals surface area contributed by atoms with Crippen molar-refractivity contribution in [1.82, 2.24) is 14.5 Å². The van der Waals surface area contributed by atoms with Gasteiger partial charge in [0.15, 0.2) is 0 Å². The van der Waals surface area contributed by atoms with Gasteiger partial charge in [-0.15, -0.1) is 0 Å². The Hall–Kier alpha value is -6.52. The number of nitrogens with zero attached hydrogens (tertiary/aromatic N) is 3. The van der Waals surface area contributed by atoms with Crippen LogP contribution in [0, 0.1) is 0 Å². The second kappa shape index (κ2) is 9.50. The second-order valence-corrected chi connectivity index (χ2v) is 12.5. The first-order valence-corrected chi connectivity index (χ1v) is 16.3. The summed E-state index contributed by atoms with van der Waals surface area (Å²) < 4.78 is 8.91. The van der Waals surface area contributed by atoms with Gasteiger partial charge in [-0.05, 0) is 45.7 Å². The zero-order valence-corrected chi connectivity index (χ0v) is 25.7. The van der Waals surface area contributed by atoms with Gasteiger partial charge in [-0.2, -0.15) is 0 Å². The third-order valence-electron chi connectivity index (χ3n) is 9.94. The first kappa shape index (κ1) is 25.6. The Labute approximate surface area is 275 Å². The van der Waals surface area contributed by atoms with Crippen LogP contribution in [0.5, 0.6) is 0 Å². The Balaban J connectivity index is 1.38. The maximum absolute atomic E-state index is 6.66. The van der Waals surface area contributed by atoms with Gasteiger partial charge in [0.1, 0.15) is 11.2 Å². The zero-order valence-electron chi connectivity index (χ0n) is 25.7. The van der Waals surface area contributed by atoms with Gasteiger partial charge >= 0.3 is 0 Å². The van der Waals surface area contributed by atoms with Gasteiger partial charge in [-0.1, -0.05) is 127 Å². The summed E-state index contributed by atoms with van der Waals surface area (Å²) in [6, 6.07) is 53.4. The summed E-state index contributed by atoms with van der Waals surface area (Å²) in [5.74, 6) is 0.627. The van der Waals surface area contributed by atoms with Crippen LogP contribution in [0.25, 0.3) is 105 Å². The highest BCUT2D eigenvalue weighted by molar-refractivity contribution is 6.35. The lowest BCUT2D eigenvalue weighted by Crippen LogP contribution is -2.04. The average Bonchev–Trinajstić information content (AvgIpc) is 3.65. The number of benzene rings is 7. The van der Waals surface area contributed by atoms with Gasteiger partial charge in [0, 0.05) is 44.3 Å². The fourth-order valence-electron chi connectivity index (χ4n) is 7.93. The molecule has 0 fully saturated rings. The molecule has 1 aliphatic carbocycles. The summed E-state index contributed by atoms with van der Waals surface area (Å²) >= 11 is 0. The van der Waals surface area contributed by atoms with E-state index >= 15 is 0 Å². The number of hydrogen-bond donors (Lipinski definition) is 0. The van der Waals surface area contributed by atoms with E-state index in [9.17, 15) is 0 Å². The van der Waals surface area contributed by atoms with Crippen LogP contribution in [0.3, 0.4) is 0 Å². The average molecular weight is 612 g/mol. The molecule has 4 nitrogen and oxygen atoms in total. The summed E-state index contributed by atoms with van der Waals surface area (Å²) in [4.78, 5) is 10.6. The molecule has 7 aromatic carbocycles. The third-order valence-corrected chi connectivity index (χ3v) is 9.94. The molecule has 0 saturated heterocycles. The SMILES string of the molecule is c1ccc(-c2cc(-c3ccccc3)nc(-n3c4cc5oc6ccccc6c5c5c4c4c6c(cccc6ccc43)-c3ccccc3-5)n2)cc1. The monoisotopic (exact) mass is 611 g/mol. The van der Waals surface area contributed by atoms with Gasteiger partial charge < -0.3 is 4.42 Å². The van der Waals surface area contributed by atoms with Crippen molar-refractivity contribution < 1.29 is 4.42 Å². The lowest BCUT2D eigenvalue weighted by atomic mass is 9.91. The molecule has 0 saturated carbocycles. The number of para-hydroxylation sites is 1. The summed E-state index contributed by atoms with van der Waals surface area (Å²) in [5.41, 5.74) is 12.5. The van der Waals surface area contributed by atoms with Gasteiger partial charge in [-0.3, -0.25) is 4.57 Å². The zero-order chi connectivity index (χ0) is 31.3. The van der Waals surface area contributed by atoms with Crippen molar-refractivity contribution in [3.63, 3.8) is 0 Å². The summed E-state index contributed by atoms with van der Waals surface area (Å²) in [7, 11) is 0. The molecule has 0 spiro atoms. The van der Waals surface area contributed by atoms with Crippen LogP contribution in [0.4, 0.5) is 0 Å². The second-order valence-electron chi connectivity index (χ2n) is 12.5. The van der Waals surface area contributed by atoms with E-state index < -0.39 is 0 Å². The minimum absolute atomic E-state index is 0.627.